The number of carbonyl (C=O) groups is 1. The molecular formula is C18H22N2O4S. The molecular weight excluding hydrogens is 340 g/mol. The lowest BCUT2D eigenvalue weighted by Gasteiger charge is -2.10. The van der Waals surface area contributed by atoms with Crippen LogP contribution >= 0.6 is 0 Å². The van der Waals surface area contributed by atoms with Crippen LogP contribution in [0.5, 0.6) is 0 Å². The number of rotatable bonds is 9. The van der Waals surface area contributed by atoms with Crippen LogP contribution in [-0.2, 0) is 20.3 Å². The summed E-state index contributed by atoms with van der Waals surface area (Å²) in [6, 6.07) is 12.4. The van der Waals surface area contributed by atoms with Crippen LogP contribution in [0.2, 0.25) is 0 Å². The van der Waals surface area contributed by atoms with E-state index in [4.69, 9.17) is 4.74 Å². The van der Waals surface area contributed by atoms with E-state index >= 15 is 0 Å². The largest absolute Gasteiger partial charge is 0.462 e. The standard InChI is InChI=1S/C18H22N2O4S/c1-2-24-18(21)16-10-6-11-19-17(16)20-12-7-13-25(22,23)14-15-8-4-3-5-9-15/h3-6,8-11H,2,7,12-14H2,1H3,(H,19,20). The summed E-state index contributed by atoms with van der Waals surface area (Å²) >= 11 is 0. The van der Waals surface area contributed by atoms with Gasteiger partial charge < -0.3 is 10.1 Å². The number of pyridine rings is 1. The van der Waals surface area contributed by atoms with E-state index < -0.39 is 15.8 Å². The molecule has 0 aliphatic carbocycles. The number of nitrogens with zero attached hydrogens (tertiary/aromatic N) is 1. The summed E-state index contributed by atoms with van der Waals surface area (Å²) in [7, 11) is -3.18. The summed E-state index contributed by atoms with van der Waals surface area (Å²) in [4.78, 5) is 16.0. The highest BCUT2D eigenvalue weighted by molar-refractivity contribution is 7.90. The first kappa shape index (κ1) is 18.9. The number of carbonyl (C=O) groups excluding carboxylic acids is 1. The molecule has 2 rings (SSSR count). The van der Waals surface area contributed by atoms with Gasteiger partial charge in [0.1, 0.15) is 11.4 Å². The quantitative estimate of drug-likeness (QED) is 0.545. The van der Waals surface area contributed by atoms with E-state index in [2.05, 4.69) is 10.3 Å². The first-order valence-corrected chi connectivity index (χ1v) is 9.94. The van der Waals surface area contributed by atoms with Crippen LogP contribution in [0.25, 0.3) is 0 Å². The molecule has 2 aromatic rings. The first-order chi connectivity index (χ1) is 12.0. The Balaban J connectivity index is 1.86. The molecule has 1 heterocycles. The van der Waals surface area contributed by atoms with Gasteiger partial charge >= 0.3 is 5.97 Å². The number of ether oxygens (including phenoxy) is 1. The van der Waals surface area contributed by atoms with Crippen molar-refractivity contribution in [3.63, 3.8) is 0 Å². The van der Waals surface area contributed by atoms with Crippen molar-refractivity contribution in [3.8, 4) is 0 Å². The highest BCUT2D eigenvalue weighted by Gasteiger charge is 2.14. The molecule has 0 aliphatic rings. The molecule has 0 aliphatic heterocycles. The Morgan fingerprint density at radius 2 is 1.92 bits per heavy atom. The van der Waals surface area contributed by atoms with Crippen molar-refractivity contribution in [2.24, 2.45) is 0 Å². The normalized spacial score (nSPS) is 11.1. The second-order valence-corrected chi connectivity index (χ2v) is 7.66. The van der Waals surface area contributed by atoms with Crippen molar-refractivity contribution < 1.29 is 17.9 Å². The fourth-order valence-electron chi connectivity index (χ4n) is 2.32. The molecule has 7 heteroatoms. The monoisotopic (exact) mass is 362 g/mol. The van der Waals surface area contributed by atoms with Crippen LogP contribution in [0, 0.1) is 0 Å². The van der Waals surface area contributed by atoms with Gasteiger partial charge in [-0.1, -0.05) is 30.3 Å². The molecule has 1 aromatic heterocycles. The van der Waals surface area contributed by atoms with Crippen molar-refractivity contribution in [1.82, 2.24) is 4.98 Å². The lowest BCUT2D eigenvalue weighted by atomic mass is 10.2. The number of hydrogen-bond acceptors (Lipinski definition) is 6. The molecule has 0 spiro atoms. The van der Waals surface area contributed by atoms with Gasteiger partial charge in [-0.3, -0.25) is 0 Å². The van der Waals surface area contributed by atoms with Crippen molar-refractivity contribution in [2.45, 2.75) is 19.1 Å². The predicted molar refractivity (Wildman–Crippen MR) is 97.2 cm³/mol. The highest BCUT2D eigenvalue weighted by atomic mass is 32.2. The van der Waals surface area contributed by atoms with E-state index in [1.54, 1.807) is 37.4 Å². The average molecular weight is 362 g/mol. The third-order valence-corrected chi connectivity index (χ3v) is 5.14. The second-order valence-electron chi connectivity index (χ2n) is 5.48. The maximum atomic E-state index is 12.2. The summed E-state index contributed by atoms with van der Waals surface area (Å²) in [5.41, 5.74) is 1.13. The molecule has 25 heavy (non-hydrogen) atoms. The van der Waals surface area contributed by atoms with E-state index in [1.807, 2.05) is 18.2 Å². The molecule has 0 unspecified atom stereocenters. The SMILES string of the molecule is CCOC(=O)c1cccnc1NCCCS(=O)(=O)Cc1ccccc1. The van der Waals surface area contributed by atoms with Crippen LogP contribution in [0.1, 0.15) is 29.3 Å². The number of benzene rings is 1. The molecule has 0 bridgehead atoms. The first-order valence-electron chi connectivity index (χ1n) is 8.12. The van der Waals surface area contributed by atoms with Gasteiger partial charge in [0.2, 0.25) is 0 Å². The lowest BCUT2D eigenvalue weighted by molar-refractivity contribution is 0.0527. The van der Waals surface area contributed by atoms with Crippen LogP contribution in [0.3, 0.4) is 0 Å². The summed E-state index contributed by atoms with van der Waals surface area (Å²) < 4.78 is 29.3. The zero-order chi connectivity index (χ0) is 18.1. The summed E-state index contributed by atoms with van der Waals surface area (Å²) in [5.74, 6) is 0.0540. The van der Waals surface area contributed by atoms with Gasteiger partial charge in [-0.15, -0.1) is 0 Å². The Labute approximate surface area is 148 Å². The molecule has 0 radical (unpaired) electrons. The van der Waals surface area contributed by atoms with Crippen molar-refractivity contribution in [1.29, 1.82) is 0 Å². The number of esters is 1. The molecule has 1 aromatic carbocycles. The summed E-state index contributed by atoms with van der Waals surface area (Å²) in [6.07, 6.45) is 1.99. The fraction of sp³-hybridized carbons (Fsp3) is 0.333. The van der Waals surface area contributed by atoms with Gasteiger partial charge in [-0.25, -0.2) is 18.2 Å². The third-order valence-electron chi connectivity index (χ3n) is 3.46. The lowest BCUT2D eigenvalue weighted by Crippen LogP contribution is -2.15. The van der Waals surface area contributed by atoms with Crippen molar-refractivity contribution in [3.05, 3.63) is 59.8 Å². The number of nitrogens with one attached hydrogen (secondary N) is 1. The van der Waals surface area contributed by atoms with Gasteiger partial charge in [-0.05, 0) is 31.0 Å². The molecule has 0 saturated carbocycles. The van der Waals surface area contributed by atoms with Crippen LogP contribution in [0.4, 0.5) is 5.82 Å². The van der Waals surface area contributed by atoms with E-state index in [-0.39, 0.29) is 18.1 Å². The average Bonchev–Trinajstić information content (AvgIpc) is 2.60. The van der Waals surface area contributed by atoms with Gasteiger partial charge in [0.25, 0.3) is 0 Å². The number of aromatic nitrogens is 1. The van der Waals surface area contributed by atoms with E-state index in [0.29, 0.717) is 24.3 Å². The molecule has 134 valence electrons. The van der Waals surface area contributed by atoms with Gasteiger partial charge in [0, 0.05) is 12.7 Å². The molecule has 0 amide bonds. The Morgan fingerprint density at radius 3 is 2.64 bits per heavy atom. The van der Waals surface area contributed by atoms with Crippen molar-refractivity contribution >= 4 is 21.6 Å². The number of sulfone groups is 1. The fourth-order valence-corrected chi connectivity index (χ4v) is 3.75. The smallest absolute Gasteiger partial charge is 0.341 e. The zero-order valence-corrected chi connectivity index (χ0v) is 15.0. The summed E-state index contributed by atoms with van der Waals surface area (Å²) in [5, 5.41) is 3.01. The minimum absolute atomic E-state index is 0.0332. The molecule has 6 nitrogen and oxygen atoms in total. The van der Waals surface area contributed by atoms with Gasteiger partial charge in [0.05, 0.1) is 18.1 Å². The Bertz CT molecular complexity index is 792. The number of hydrogen-bond donors (Lipinski definition) is 1. The highest BCUT2D eigenvalue weighted by Crippen LogP contribution is 2.13. The van der Waals surface area contributed by atoms with Gasteiger partial charge in [-0.2, -0.15) is 0 Å². The minimum Gasteiger partial charge on any atom is -0.462 e. The van der Waals surface area contributed by atoms with Crippen molar-refractivity contribution in [2.75, 3.05) is 24.2 Å². The predicted octanol–water partition coefficient (Wildman–Crippen LogP) is 2.68. The Morgan fingerprint density at radius 1 is 1.16 bits per heavy atom. The maximum Gasteiger partial charge on any atom is 0.341 e. The molecule has 0 saturated heterocycles. The van der Waals surface area contributed by atoms with E-state index in [1.165, 1.54) is 0 Å². The number of anilines is 1. The summed E-state index contributed by atoms with van der Waals surface area (Å²) in [6.45, 7) is 2.42. The van der Waals surface area contributed by atoms with Crippen LogP contribution in [-0.4, -0.2) is 38.3 Å². The zero-order valence-electron chi connectivity index (χ0n) is 14.1. The minimum atomic E-state index is -3.18. The Hall–Kier alpha value is -2.41. The Kier molecular flexibility index (Phi) is 6.94. The van der Waals surface area contributed by atoms with Crippen LogP contribution in [0.15, 0.2) is 48.7 Å². The molecule has 1 N–H and O–H groups in total. The molecule has 0 atom stereocenters. The molecule has 0 fully saturated rings. The topological polar surface area (TPSA) is 85.4 Å². The van der Waals surface area contributed by atoms with E-state index in [9.17, 15) is 13.2 Å². The maximum absolute atomic E-state index is 12.2. The van der Waals surface area contributed by atoms with Crippen LogP contribution < -0.4 is 5.32 Å². The second kappa shape index (κ2) is 9.17. The van der Waals surface area contributed by atoms with E-state index in [0.717, 1.165) is 5.56 Å². The van der Waals surface area contributed by atoms with Gasteiger partial charge in [0.15, 0.2) is 9.84 Å². The third kappa shape index (κ3) is 6.19.